The third-order valence-corrected chi connectivity index (χ3v) is 3.61. The third kappa shape index (κ3) is 4.84. The van der Waals surface area contributed by atoms with Gasteiger partial charge in [-0.05, 0) is 41.3 Å². The highest BCUT2D eigenvalue weighted by Gasteiger charge is 2.05. The van der Waals surface area contributed by atoms with Crippen molar-refractivity contribution in [2.24, 2.45) is 10.7 Å². The Morgan fingerprint density at radius 1 is 1.21 bits per heavy atom. The van der Waals surface area contributed by atoms with Gasteiger partial charge in [0.05, 0.1) is 19.2 Å². The highest BCUT2D eigenvalue weighted by atomic mass is 16.5. The fourth-order valence-electron chi connectivity index (χ4n) is 2.25. The van der Waals surface area contributed by atoms with Crippen LogP contribution in [-0.4, -0.2) is 19.0 Å². The number of nitrogens with one attached hydrogen (secondary N) is 1. The summed E-state index contributed by atoms with van der Waals surface area (Å²) < 4.78 is 4.71. The molecule has 0 aromatic heterocycles. The highest BCUT2D eigenvalue weighted by molar-refractivity contribution is 5.92. The van der Waals surface area contributed by atoms with Crippen LogP contribution in [-0.2, 0) is 11.3 Å². The summed E-state index contributed by atoms with van der Waals surface area (Å²) in [4.78, 5) is 15.9. The van der Waals surface area contributed by atoms with Crippen LogP contribution in [0.4, 0.5) is 5.69 Å². The van der Waals surface area contributed by atoms with E-state index in [0.717, 1.165) is 11.3 Å². The average Bonchev–Trinajstić information content (AvgIpc) is 2.59. The fraction of sp³-hybridized carbons (Fsp3) is 0.263. The number of nitrogens with zero attached hydrogens (tertiary/aromatic N) is 1. The number of carbonyl (C=O) groups excluding carboxylic acids is 1. The topological polar surface area (TPSA) is 76.7 Å². The molecule has 0 heterocycles. The summed E-state index contributed by atoms with van der Waals surface area (Å²) in [7, 11) is 1.36. The molecule has 0 atom stereocenters. The predicted molar refractivity (Wildman–Crippen MR) is 97.3 cm³/mol. The maximum atomic E-state index is 11.5. The number of guanidine groups is 1. The van der Waals surface area contributed by atoms with Crippen LogP contribution in [0.1, 0.15) is 41.3 Å². The molecule has 0 aliphatic carbocycles. The molecule has 0 spiro atoms. The molecule has 0 saturated heterocycles. The van der Waals surface area contributed by atoms with Gasteiger partial charge in [0.15, 0.2) is 5.96 Å². The summed E-state index contributed by atoms with van der Waals surface area (Å²) in [5.41, 5.74) is 9.48. The van der Waals surface area contributed by atoms with Gasteiger partial charge < -0.3 is 15.8 Å². The van der Waals surface area contributed by atoms with Crippen LogP contribution in [0.25, 0.3) is 0 Å². The maximum absolute atomic E-state index is 11.5. The van der Waals surface area contributed by atoms with E-state index < -0.39 is 0 Å². The maximum Gasteiger partial charge on any atom is 0.337 e. The van der Waals surface area contributed by atoms with E-state index in [4.69, 9.17) is 10.5 Å². The van der Waals surface area contributed by atoms with Crippen molar-refractivity contribution in [3.05, 3.63) is 65.2 Å². The van der Waals surface area contributed by atoms with E-state index >= 15 is 0 Å². The number of aliphatic imine (C=N–C) groups is 1. The summed E-state index contributed by atoms with van der Waals surface area (Å²) in [5, 5.41) is 3.09. The number of hydrogen-bond donors (Lipinski definition) is 2. The Bertz CT molecular complexity index is 739. The van der Waals surface area contributed by atoms with E-state index in [1.165, 1.54) is 12.7 Å². The van der Waals surface area contributed by atoms with E-state index in [-0.39, 0.29) is 5.97 Å². The molecule has 0 bridgehead atoms. The van der Waals surface area contributed by atoms with Crippen LogP contribution in [0.3, 0.4) is 0 Å². The van der Waals surface area contributed by atoms with Gasteiger partial charge in [-0.25, -0.2) is 9.79 Å². The van der Waals surface area contributed by atoms with Crippen molar-refractivity contribution in [3.8, 4) is 0 Å². The molecule has 126 valence electrons. The summed E-state index contributed by atoms with van der Waals surface area (Å²) in [5.74, 6) is 0.419. The standard InChI is InChI=1S/C19H23N3O2/c1-13(2)15-7-5-9-17(11-15)22-19(20)21-12-14-6-4-8-16(10-14)18(23)24-3/h4-11,13H,12H2,1-3H3,(H3,20,21,22). The quantitative estimate of drug-likeness (QED) is 0.501. The molecule has 5 nitrogen and oxygen atoms in total. The lowest BCUT2D eigenvalue weighted by Gasteiger charge is -2.10. The molecule has 2 aromatic carbocycles. The number of methoxy groups -OCH3 is 1. The van der Waals surface area contributed by atoms with Crippen molar-refractivity contribution in [2.45, 2.75) is 26.3 Å². The second-order valence-corrected chi connectivity index (χ2v) is 5.80. The first kappa shape index (κ1) is 17.5. The number of hydrogen-bond acceptors (Lipinski definition) is 3. The molecule has 0 fully saturated rings. The van der Waals surface area contributed by atoms with Gasteiger partial charge in [0.1, 0.15) is 0 Å². The number of carbonyl (C=O) groups is 1. The Balaban J connectivity index is 2.04. The lowest BCUT2D eigenvalue weighted by Crippen LogP contribution is -2.22. The zero-order valence-corrected chi connectivity index (χ0v) is 14.2. The molecule has 0 saturated carbocycles. The number of nitrogens with two attached hydrogens (primary N) is 1. The summed E-state index contributed by atoms with van der Waals surface area (Å²) >= 11 is 0. The summed E-state index contributed by atoms with van der Waals surface area (Å²) in [6.07, 6.45) is 0. The molecule has 24 heavy (non-hydrogen) atoms. The van der Waals surface area contributed by atoms with E-state index in [1.54, 1.807) is 18.2 Å². The highest BCUT2D eigenvalue weighted by Crippen LogP contribution is 2.18. The minimum Gasteiger partial charge on any atom is -0.465 e. The molecule has 2 rings (SSSR count). The van der Waals surface area contributed by atoms with Crippen molar-refractivity contribution in [1.29, 1.82) is 0 Å². The number of anilines is 1. The summed E-state index contributed by atoms with van der Waals surface area (Å²) in [6, 6.07) is 15.2. The van der Waals surface area contributed by atoms with Gasteiger partial charge in [0.2, 0.25) is 0 Å². The Hall–Kier alpha value is -2.82. The lowest BCUT2D eigenvalue weighted by atomic mass is 10.0. The zero-order chi connectivity index (χ0) is 17.5. The van der Waals surface area contributed by atoms with Crippen molar-refractivity contribution in [2.75, 3.05) is 12.4 Å². The minimum atomic E-state index is -0.363. The van der Waals surface area contributed by atoms with Gasteiger partial charge in [0.25, 0.3) is 0 Å². The van der Waals surface area contributed by atoms with Gasteiger partial charge in [0, 0.05) is 5.69 Å². The van der Waals surface area contributed by atoms with E-state index in [0.29, 0.717) is 24.0 Å². The van der Waals surface area contributed by atoms with Crippen LogP contribution >= 0.6 is 0 Å². The normalized spacial score (nSPS) is 11.4. The molecule has 5 heteroatoms. The van der Waals surface area contributed by atoms with Crippen molar-refractivity contribution in [1.82, 2.24) is 0 Å². The fourth-order valence-corrected chi connectivity index (χ4v) is 2.25. The SMILES string of the molecule is COC(=O)c1cccc(CN=C(N)Nc2cccc(C(C)C)c2)c1. The van der Waals surface area contributed by atoms with Gasteiger partial charge >= 0.3 is 5.97 Å². The van der Waals surface area contributed by atoms with Crippen LogP contribution in [0.15, 0.2) is 53.5 Å². The predicted octanol–water partition coefficient (Wildman–Crippen LogP) is 3.52. The Morgan fingerprint density at radius 2 is 1.96 bits per heavy atom. The number of benzene rings is 2. The van der Waals surface area contributed by atoms with E-state index in [2.05, 4.69) is 36.3 Å². The van der Waals surface area contributed by atoms with Crippen molar-refractivity contribution < 1.29 is 9.53 Å². The van der Waals surface area contributed by atoms with E-state index in [9.17, 15) is 4.79 Å². The number of ether oxygens (including phenoxy) is 1. The molecular formula is C19H23N3O2. The first-order valence-corrected chi connectivity index (χ1v) is 7.83. The Labute approximate surface area is 142 Å². The van der Waals surface area contributed by atoms with Crippen LogP contribution in [0.2, 0.25) is 0 Å². The smallest absolute Gasteiger partial charge is 0.337 e. The molecule has 0 radical (unpaired) electrons. The third-order valence-electron chi connectivity index (χ3n) is 3.61. The largest absolute Gasteiger partial charge is 0.465 e. The second-order valence-electron chi connectivity index (χ2n) is 5.80. The molecule has 0 amide bonds. The Kier molecular flexibility index (Phi) is 5.95. The second kappa shape index (κ2) is 8.15. The molecule has 3 N–H and O–H groups in total. The first-order valence-electron chi connectivity index (χ1n) is 7.83. The number of esters is 1. The van der Waals surface area contributed by atoms with Gasteiger partial charge in [-0.3, -0.25) is 0 Å². The van der Waals surface area contributed by atoms with Gasteiger partial charge in [-0.2, -0.15) is 0 Å². The monoisotopic (exact) mass is 325 g/mol. The van der Waals surface area contributed by atoms with Crippen molar-refractivity contribution in [3.63, 3.8) is 0 Å². The molecule has 2 aromatic rings. The minimum absolute atomic E-state index is 0.333. The molecule has 0 aliphatic heterocycles. The first-order chi connectivity index (χ1) is 11.5. The Morgan fingerprint density at radius 3 is 2.67 bits per heavy atom. The van der Waals surface area contributed by atoms with Crippen LogP contribution in [0.5, 0.6) is 0 Å². The van der Waals surface area contributed by atoms with Crippen LogP contribution < -0.4 is 11.1 Å². The van der Waals surface area contributed by atoms with Crippen molar-refractivity contribution >= 4 is 17.6 Å². The van der Waals surface area contributed by atoms with Gasteiger partial charge in [-0.15, -0.1) is 0 Å². The van der Waals surface area contributed by atoms with E-state index in [1.807, 2.05) is 18.2 Å². The molecular weight excluding hydrogens is 302 g/mol. The summed E-state index contributed by atoms with van der Waals surface area (Å²) in [6.45, 7) is 4.67. The van der Waals surface area contributed by atoms with Gasteiger partial charge in [-0.1, -0.05) is 38.1 Å². The number of rotatable bonds is 5. The average molecular weight is 325 g/mol. The molecule has 0 unspecified atom stereocenters. The zero-order valence-electron chi connectivity index (χ0n) is 14.2. The molecule has 0 aliphatic rings. The van der Waals surface area contributed by atoms with Crippen LogP contribution in [0, 0.1) is 0 Å². The lowest BCUT2D eigenvalue weighted by molar-refractivity contribution is 0.0600.